The summed E-state index contributed by atoms with van der Waals surface area (Å²) in [6.07, 6.45) is 0. The van der Waals surface area contributed by atoms with E-state index in [4.69, 9.17) is 22.6 Å². The van der Waals surface area contributed by atoms with Crippen molar-refractivity contribution in [3.05, 3.63) is 52.0 Å². The zero-order valence-electron chi connectivity index (χ0n) is 13.4. The SMILES string of the molecule is CN(Cc1ccc(Cl)cc1)C(=O)CSc1[nH+]c(N)c(C#N)cc1C#N. The van der Waals surface area contributed by atoms with Crippen molar-refractivity contribution in [3.63, 3.8) is 0 Å². The van der Waals surface area contributed by atoms with Crippen molar-refractivity contribution in [1.82, 2.24) is 4.90 Å². The van der Waals surface area contributed by atoms with Gasteiger partial charge in [0.25, 0.3) is 5.82 Å². The van der Waals surface area contributed by atoms with E-state index in [0.717, 1.165) is 5.56 Å². The van der Waals surface area contributed by atoms with E-state index >= 15 is 0 Å². The van der Waals surface area contributed by atoms with Crippen LogP contribution < -0.4 is 10.7 Å². The monoisotopic (exact) mass is 372 g/mol. The number of rotatable bonds is 5. The molecule has 25 heavy (non-hydrogen) atoms. The van der Waals surface area contributed by atoms with Gasteiger partial charge in [0.1, 0.15) is 23.3 Å². The first-order valence-corrected chi connectivity index (χ1v) is 8.58. The van der Waals surface area contributed by atoms with Gasteiger partial charge in [-0.05, 0) is 23.8 Å². The van der Waals surface area contributed by atoms with Crippen LogP contribution in [0.15, 0.2) is 35.4 Å². The average Bonchev–Trinajstić information content (AvgIpc) is 2.61. The molecule has 126 valence electrons. The smallest absolute Gasteiger partial charge is 0.289 e. The number of H-pyrrole nitrogens is 1. The number of thioether (sulfide) groups is 1. The number of aromatic nitrogens is 1. The van der Waals surface area contributed by atoms with Gasteiger partial charge in [-0.25, -0.2) is 4.98 Å². The summed E-state index contributed by atoms with van der Waals surface area (Å²) in [5.41, 5.74) is 7.18. The maximum atomic E-state index is 12.3. The molecule has 1 heterocycles. The highest BCUT2D eigenvalue weighted by Crippen LogP contribution is 2.21. The van der Waals surface area contributed by atoms with Crippen molar-refractivity contribution in [1.29, 1.82) is 10.5 Å². The Labute approximate surface area is 154 Å². The lowest BCUT2D eigenvalue weighted by molar-refractivity contribution is -0.410. The molecule has 1 amide bonds. The lowest BCUT2D eigenvalue weighted by Gasteiger charge is -2.17. The van der Waals surface area contributed by atoms with Gasteiger partial charge in [0.05, 0.1) is 5.75 Å². The van der Waals surface area contributed by atoms with Crippen LogP contribution in [0.4, 0.5) is 5.82 Å². The topological polar surface area (TPSA) is 108 Å². The number of amides is 1. The second-order valence-corrected chi connectivity index (χ2v) is 6.65. The maximum Gasteiger partial charge on any atom is 0.289 e. The summed E-state index contributed by atoms with van der Waals surface area (Å²) < 4.78 is 0. The van der Waals surface area contributed by atoms with Crippen molar-refractivity contribution >= 4 is 35.1 Å². The summed E-state index contributed by atoms with van der Waals surface area (Å²) in [5, 5.41) is 19.2. The maximum absolute atomic E-state index is 12.3. The van der Waals surface area contributed by atoms with Gasteiger partial charge in [-0.15, -0.1) is 0 Å². The summed E-state index contributed by atoms with van der Waals surface area (Å²) >= 11 is 7.02. The number of anilines is 1. The molecule has 0 fully saturated rings. The Morgan fingerprint density at radius 3 is 2.52 bits per heavy atom. The number of halogens is 1. The van der Waals surface area contributed by atoms with Crippen molar-refractivity contribution in [2.24, 2.45) is 0 Å². The van der Waals surface area contributed by atoms with Crippen LogP contribution >= 0.6 is 23.4 Å². The molecule has 0 aliphatic rings. The standard InChI is InChI=1S/C17H14ClN5OS/c1-23(9-11-2-4-14(18)5-3-11)15(24)10-25-17-13(8-20)6-12(7-19)16(21)22-17/h2-6H,9-10H2,1H3,(H2,21,22)/p+1. The molecular formula is C17H15ClN5OS+. The zero-order valence-corrected chi connectivity index (χ0v) is 15.0. The third-order valence-electron chi connectivity index (χ3n) is 3.41. The quantitative estimate of drug-likeness (QED) is 0.809. The van der Waals surface area contributed by atoms with Gasteiger partial charge >= 0.3 is 0 Å². The summed E-state index contributed by atoms with van der Waals surface area (Å²) in [5.74, 6) is 0.215. The van der Waals surface area contributed by atoms with Gasteiger partial charge in [-0.3, -0.25) is 10.5 Å². The number of nitrogens with two attached hydrogens (primary N) is 1. The number of nitrogens with zero attached hydrogens (tertiary/aromatic N) is 3. The molecular weight excluding hydrogens is 358 g/mol. The fraction of sp³-hybridized carbons (Fsp3) is 0.176. The van der Waals surface area contributed by atoms with E-state index in [1.165, 1.54) is 17.8 Å². The number of hydrogen-bond donors (Lipinski definition) is 1. The van der Waals surface area contributed by atoms with E-state index in [2.05, 4.69) is 4.98 Å². The van der Waals surface area contributed by atoms with Gasteiger partial charge in [0, 0.05) is 18.6 Å². The second-order valence-electron chi connectivity index (χ2n) is 5.23. The molecule has 2 rings (SSSR count). The van der Waals surface area contributed by atoms with Gasteiger partial charge in [-0.2, -0.15) is 10.5 Å². The predicted molar refractivity (Wildman–Crippen MR) is 95.5 cm³/mol. The van der Waals surface area contributed by atoms with Gasteiger partial charge in [0.2, 0.25) is 5.91 Å². The van der Waals surface area contributed by atoms with Crippen LogP contribution in [-0.2, 0) is 11.3 Å². The van der Waals surface area contributed by atoms with Gasteiger partial charge in [0.15, 0.2) is 5.03 Å². The summed E-state index contributed by atoms with van der Waals surface area (Å²) in [6, 6.07) is 12.6. The van der Waals surface area contributed by atoms with E-state index in [9.17, 15) is 10.1 Å². The van der Waals surface area contributed by atoms with Crippen LogP contribution in [0.3, 0.4) is 0 Å². The number of aromatic amines is 1. The zero-order chi connectivity index (χ0) is 18.4. The minimum Gasteiger partial charge on any atom is -0.341 e. The average molecular weight is 373 g/mol. The minimum absolute atomic E-state index is 0.0971. The fourth-order valence-electron chi connectivity index (χ4n) is 2.03. The van der Waals surface area contributed by atoms with Gasteiger partial charge < -0.3 is 4.90 Å². The van der Waals surface area contributed by atoms with Crippen LogP contribution in [0.5, 0.6) is 0 Å². The third kappa shape index (κ3) is 4.87. The molecule has 0 spiro atoms. The minimum atomic E-state index is -0.0971. The highest BCUT2D eigenvalue weighted by molar-refractivity contribution is 7.99. The summed E-state index contributed by atoms with van der Waals surface area (Å²) in [4.78, 5) is 16.7. The van der Waals surface area contributed by atoms with E-state index < -0.39 is 0 Å². The van der Waals surface area contributed by atoms with E-state index in [1.807, 2.05) is 24.3 Å². The largest absolute Gasteiger partial charge is 0.341 e. The number of nitriles is 2. The molecule has 0 saturated heterocycles. The lowest BCUT2D eigenvalue weighted by atomic mass is 10.2. The highest BCUT2D eigenvalue weighted by atomic mass is 35.5. The number of nitrogen functional groups attached to an aromatic ring is 1. The molecule has 0 radical (unpaired) electrons. The number of pyridine rings is 1. The predicted octanol–water partition coefficient (Wildman–Crippen LogP) is 2.23. The first kappa shape index (κ1) is 18.6. The molecule has 0 unspecified atom stereocenters. The van der Waals surface area contributed by atoms with Crippen LogP contribution in [0.1, 0.15) is 16.7 Å². The number of carbonyl (C=O) groups is 1. The van der Waals surface area contributed by atoms with Crippen LogP contribution in [-0.4, -0.2) is 23.6 Å². The Morgan fingerprint density at radius 1 is 1.28 bits per heavy atom. The van der Waals surface area contributed by atoms with Crippen LogP contribution in [0.2, 0.25) is 5.02 Å². The Kier molecular flexibility index (Phi) is 6.24. The number of carbonyl (C=O) groups excluding carboxylic acids is 1. The van der Waals surface area contributed by atoms with Crippen LogP contribution in [0.25, 0.3) is 0 Å². The molecule has 1 aromatic heterocycles. The van der Waals surface area contributed by atoms with Crippen molar-refractivity contribution in [2.45, 2.75) is 11.6 Å². The molecule has 3 N–H and O–H groups in total. The molecule has 0 aliphatic carbocycles. The van der Waals surface area contributed by atoms with Crippen molar-refractivity contribution in [2.75, 3.05) is 18.5 Å². The van der Waals surface area contributed by atoms with Crippen LogP contribution in [0, 0.1) is 22.7 Å². The lowest BCUT2D eigenvalue weighted by Crippen LogP contribution is -2.28. The Balaban J connectivity index is 2.02. The Morgan fingerprint density at radius 2 is 1.92 bits per heavy atom. The normalized spacial score (nSPS) is 9.92. The number of nitrogens with one attached hydrogen (secondary N) is 1. The molecule has 8 heteroatoms. The number of benzene rings is 1. The molecule has 0 saturated carbocycles. The van der Waals surface area contributed by atoms with E-state index in [0.29, 0.717) is 16.6 Å². The first-order chi connectivity index (χ1) is 11.9. The molecule has 0 aliphatic heterocycles. The second kappa shape index (κ2) is 8.39. The van der Waals surface area contributed by atoms with Crippen molar-refractivity contribution in [3.8, 4) is 12.1 Å². The molecule has 1 aromatic carbocycles. The molecule has 6 nitrogen and oxygen atoms in total. The van der Waals surface area contributed by atoms with E-state index in [-0.39, 0.29) is 28.6 Å². The van der Waals surface area contributed by atoms with Gasteiger partial charge in [-0.1, -0.05) is 35.5 Å². The Bertz CT molecular complexity index is 870. The van der Waals surface area contributed by atoms with E-state index in [1.54, 1.807) is 24.1 Å². The highest BCUT2D eigenvalue weighted by Gasteiger charge is 2.17. The van der Waals surface area contributed by atoms with Crippen molar-refractivity contribution < 1.29 is 9.78 Å². The number of hydrogen-bond acceptors (Lipinski definition) is 5. The molecule has 0 atom stereocenters. The fourth-order valence-corrected chi connectivity index (χ4v) is 3.09. The summed E-state index contributed by atoms with van der Waals surface area (Å²) in [6.45, 7) is 0.459. The first-order valence-electron chi connectivity index (χ1n) is 7.21. The third-order valence-corrected chi connectivity index (χ3v) is 4.67. The summed E-state index contributed by atoms with van der Waals surface area (Å²) in [7, 11) is 1.71. The Hall–Kier alpha value is -2.74. The molecule has 2 aromatic rings. The molecule has 0 bridgehead atoms.